The molecule has 762 valence electrons. The van der Waals surface area contributed by atoms with Gasteiger partial charge in [0, 0.05) is 244 Å². The number of nitrogens with one attached hydrogen (secondary N) is 3. The van der Waals surface area contributed by atoms with Crippen molar-refractivity contribution in [2.75, 3.05) is 145 Å². The molecule has 26 nitrogen and oxygen atoms in total. The summed E-state index contributed by atoms with van der Waals surface area (Å²) in [5.74, 6) is 2.33. The number of halogens is 9. The first kappa shape index (κ1) is 104. The van der Waals surface area contributed by atoms with Crippen LogP contribution in [0.15, 0.2) is 72.8 Å². The fourth-order valence-corrected chi connectivity index (χ4v) is 26.6. The standard InChI is InChI=1S/C34H47F3N8S.C34H45F3N6O2S2.C32H43F3N8O2S2/c1-21(2)43-12-14-44(15-13-43)23(4)19-45-22(3)16-28-24(5)25(6-7-30(28)45)20-42-10-8-26(9-11-42)39-31-29-17-27(18-34(35,36)37)46-32(29)41-33(38)40-31;1-21-16-29-23(3)25(6-7-31(29)43(21)19-22(2)42-14-10-28(11-15-42)47(5,44)45)20-41-12-8-26(9-13-41)40-32-30-17-27(18-34(35,36)37)46-33(30)39-24(4)38-32;1-20-15-26-22(3)23(5-6-28(26)43(20)18-21(2)41-11-13-42(14-12-41)47(4,44)45)19-40-9-7-24(8-10-40)37-29-27-16-25(17-32(33,34)35)46-30(27)39-31(36)38-29/h6-7,16-17,21,23,26H,8-15,18-20H2,1-5H3,(H3,38,39,40,41);6-7,16-17,22,26,28H,8-15,18-20H2,1-5H3,(H,38,39,40);5-6,15-16,21,24H,7-14,17-19H2,1-4H3,(H3,36,37,38,39)/t23-;22-;21-/m001/s1. The van der Waals surface area contributed by atoms with Crippen LogP contribution in [0.2, 0.25) is 0 Å². The van der Waals surface area contributed by atoms with Crippen LogP contribution in [0.25, 0.3) is 63.4 Å². The van der Waals surface area contributed by atoms with Crippen molar-refractivity contribution in [2.45, 2.75) is 259 Å². The molecule has 15 heterocycles. The molecule has 6 aliphatic heterocycles. The van der Waals surface area contributed by atoms with Crippen LogP contribution in [-0.2, 0) is 78.4 Å². The van der Waals surface area contributed by atoms with Gasteiger partial charge in [-0.3, -0.25) is 34.3 Å². The van der Waals surface area contributed by atoms with E-state index >= 15 is 0 Å². The van der Waals surface area contributed by atoms with Crippen LogP contribution in [0, 0.1) is 48.5 Å². The van der Waals surface area contributed by atoms with Gasteiger partial charge < -0.3 is 41.1 Å². The largest absolute Gasteiger partial charge is 0.393 e. The zero-order valence-electron chi connectivity index (χ0n) is 82.7. The third-order valence-electron chi connectivity index (χ3n) is 29.7. The lowest BCUT2D eigenvalue weighted by molar-refractivity contribution is -0.127. The fourth-order valence-electron chi connectivity index (χ4n) is 21.5. The van der Waals surface area contributed by atoms with Crippen LogP contribution >= 0.6 is 34.0 Å². The van der Waals surface area contributed by atoms with Crippen molar-refractivity contribution >= 4 is 147 Å². The summed E-state index contributed by atoms with van der Waals surface area (Å²) in [7, 11) is -6.13. The Morgan fingerprint density at radius 2 is 0.679 bits per heavy atom. The predicted molar refractivity (Wildman–Crippen MR) is 549 cm³/mol. The molecule has 0 saturated carbocycles. The van der Waals surface area contributed by atoms with Crippen molar-refractivity contribution in [3.63, 3.8) is 0 Å². The smallest absolute Gasteiger partial charge is 0.368 e. The van der Waals surface area contributed by atoms with E-state index in [9.17, 15) is 56.3 Å². The first-order valence-corrected chi connectivity index (χ1v) is 55.3. The topological polar surface area (TPSA) is 274 Å². The quantitative estimate of drug-likeness (QED) is 0.0299. The molecule has 18 rings (SSSR count). The average Bonchev–Trinajstić information content (AvgIpc) is 1.62. The van der Waals surface area contributed by atoms with E-state index in [4.69, 9.17) is 11.5 Å². The highest BCUT2D eigenvalue weighted by Crippen LogP contribution is 2.41. The predicted octanol–water partition coefficient (Wildman–Crippen LogP) is 18.1. The molecule has 0 aliphatic carbocycles. The SMILES string of the molecule is Cc1c(CN2CCC(Nc3nc(N)nc4sc(CC(F)(F)F)cc34)CC2)ccc2c1cc(C)n2C[C@@H](C)N1CCN(S(C)(=O)=O)CC1.Cc1c(CN2CCC(Nc3nc(N)nc4sc(CC(F)(F)F)cc34)CC2)ccc2c1cc(C)n2C[C@H](C)N1CCN(C(C)C)CC1.Cc1nc(NC2CCN(Cc3ccc4c(cc(C)n4C[C@H](C)N4CCC(S(C)(=O)=O)CC4)c3C)CC2)c2cc(CC(F)(F)F)sc2n1. The van der Waals surface area contributed by atoms with Crippen LogP contribution in [0.3, 0.4) is 0 Å². The first-order chi connectivity index (χ1) is 66.1. The molecule has 40 heteroatoms. The van der Waals surface area contributed by atoms with Gasteiger partial charge in [-0.05, 0) is 236 Å². The highest BCUT2D eigenvalue weighted by atomic mass is 32.2. The van der Waals surface area contributed by atoms with Gasteiger partial charge in [0.1, 0.15) is 47.6 Å². The molecule has 12 aromatic rings. The summed E-state index contributed by atoms with van der Waals surface area (Å²) < 4.78 is 174. The Labute approximate surface area is 827 Å². The number of rotatable bonds is 27. The van der Waals surface area contributed by atoms with E-state index in [1.165, 1.54) is 102 Å². The van der Waals surface area contributed by atoms with E-state index in [2.05, 4.69) is 225 Å². The van der Waals surface area contributed by atoms with E-state index in [1.54, 1.807) is 23.4 Å². The number of alkyl halides is 9. The molecule has 6 fully saturated rings. The molecule has 7 N–H and O–H groups in total. The number of thiophene rings is 3. The number of piperidine rings is 4. The van der Waals surface area contributed by atoms with Gasteiger partial charge in [0.2, 0.25) is 21.9 Å². The number of nitrogens with two attached hydrogens (primary N) is 2. The minimum atomic E-state index is -4.29. The van der Waals surface area contributed by atoms with Crippen LogP contribution in [-0.4, -0.2) is 282 Å². The average molecular weight is 2040 g/mol. The van der Waals surface area contributed by atoms with Crippen molar-refractivity contribution in [1.82, 2.24) is 82.2 Å². The lowest BCUT2D eigenvalue weighted by atomic mass is 10.0. The summed E-state index contributed by atoms with van der Waals surface area (Å²) in [6, 6.07) is 27.3. The number of aromatic nitrogens is 9. The summed E-state index contributed by atoms with van der Waals surface area (Å²) in [5, 5.41) is 16.0. The summed E-state index contributed by atoms with van der Waals surface area (Å²) >= 11 is 3.12. The molecule has 140 heavy (non-hydrogen) atoms. The van der Waals surface area contributed by atoms with Crippen molar-refractivity contribution in [3.05, 3.63) is 144 Å². The Bertz CT molecular complexity index is 6350. The minimum absolute atomic E-state index is 0.0506. The highest BCUT2D eigenvalue weighted by Gasteiger charge is 2.37. The number of piperazine rings is 2. The van der Waals surface area contributed by atoms with Gasteiger partial charge in [0.05, 0.1) is 46.9 Å². The van der Waals surface area contributed by atoms with Gasteiger partial charge in [0.25, 0.3) is 0 Å². The molecule has 0 amide bonds. The molecule has 0 bridgehead atoms. The maximum Gasteiger partial charge on any atom is 0.393 e. The zero-order chi connectivity index (χ0) is 100. The summed E-state index contributed by atoms with van der Waals surface area (Å²) in [6.07, 6.45) is -6.29. The van der Waals surface area contributed by atoms with Crippen LogP contribution in [0.5, 0.6) is 0 Å². The van der Waals surface area contributed by atoms with E-state index in [-0.39, 0.29) is 55.9 Å². The Morgan fingerprint density at radius 1 is 0.379 bits per heavy atom. The second-order valence-electron chi connectivity index (χ2n) is 40.2. The summed E-state index contributed by atoms with van der Waals surface area (Å²) in [6.45, 7) is 45.8. The third-order valence-corrected chi connectivity index (χ3v) is 35.8. The number of hydrogen-bond acceptors (Lipinski definition) is 25. The molecule has 3 atom stereocenters. The minimum Gasteiger partial charge on any atom is -0.368 e. The Balaban J connectivity index is 0.000000151. The molecule has 0 spiro atoms. The van der Waals surface area contributed by atoms with Crippen LogP contribution in [0.4, 0.5) is 68.9 Å². The molecule has 0 unspecified atom stereocenters. The number of nitrogen functional groups attached to an aromatic ring is 2. The van der Waals surface area contributed by atoms with Gasteiger partial charge in [-0.25, -0.2) is 36.8 Å². The van der Waals surface area contributed by atoms with Gasteiger partial charge in [0.15, 0.2) is 0 Å². The fraction of sp³-hybridized carbons (Fsp3) is 0.580. The number of sulfonamides is 1. The van der Waals surface area contributed by atoms with Crippen LogP contribution < -0.4 is 27.4 Å². The van der Waals surface area contributed by atoms with Gasteiger partial charge in [-0.1, -0.05) is 18.2 Å². The molecular formula is C100H135F9N22O4S5. The molecule has 6 saturated heterocycles. The van der Waals surface area contributed by atoms with Crippen molar-refractivity contribution in [2.24, 2.45) is 0 Å². The second kappa shape index (κ2) is 42.9. The molecule has 6 aliphatic rings. The van der Waals surface area contributed by atoms with Gasteiger partial charge >= 0.3 is 18.5 Å². The van der Waals surface area contributed by atoms with E-state index in [0.29, 0.717) is 98.0 Å². The van der Waals surface area contributed by atoms with E-state index in [0.717, 1.165) is 203 Å². The molecule has 0 radical (unpaired) electrons. The van der Waals surface area contributed by atoms with Crippen molar-refractivity contribution in [1.29, 1.82) is 0 Å². The third kappa shape index (κ3) is 25.5. The number of aryl methyl sites for hydroxylation is 7. The lowest BCUT2D eigenvalue weighted by Gasteiger charge is -2.40. The highest BCUT2D eigenvalue weighted by molar-refractivity contribution is 7.91. The van der Waals surface area contributed by atoms with Crippen molar-refractivity contribution < 1.29 is 56.3 Å². The number of anilines is 5. The maximum atomic E-state index is 13.0. The lowest BCUT2D eigenvalue weighted by Crippen LogP contribution is -2.52. The number of fused-ring (bicyclic) bond motifs is 6. The van der Waals surface area contributed by atoms with E-state index in [1.807, 2.05) is 0 Å². The monoisotopic (exact) mass is 2040 g/mol. The number of benzene rings is 3. The number of hydrogen-bond donors (Lipinski definition) is 5. The molecular weight excluding hydrogens is 1900 g/mol. The maximum absolute atomic E-state index is 13.0. The second-order valence-corrected chi connectivity index (χ2v) is 47.9. The summed E-state index contributed by atoms with van der Waals surface area (Å²) in [5.41, 5.74) is 27.3. The Kier molecular flexibility index (Phi) is 32.0. The Hall–Kier alpha value is -8.65. The van der Waals surface area contributed by atoms with Gasteiger partial charge in [-0.2, -0.15) is 53.8 Å². The number of sulfone groups is 1. The molecule has 9 aromatic heterocycles. The molecule has 3 aromatic carbocycles. The number of likely N-dealkylation sites (tertiary alicyclic amines) is 4. The normalized spacial score (nSPS) is 18.8. The Morgan fingerprint density at radius 3 is 0.986 bits per heavy atom. The van der Waals surface area contributed by atoms with E-state index < -0.39 is 57.7 Å². The summed E-state index contributed by atoms with van der Waals surface area (Å²) in [4.78, 5) is 45.6. The van der Waals surface area contributed by atoms with Crippen LogP contribution in [0.1, 0.15) is 157 Å². The van der Waals surface area contributed by atoms with Crippen molar-refractivity contribution in [3.8, 4) is 0 Å². The first-order valence-electron chi connectivity index (χ1n) is 49.0. The number of nitrogens with zero attached hydrogens (tertiary/aromatic N) is 17. The zero-order valence-corrected chi connectivity index (χ0v) is 86.8. The van der Waals surface area contributed by atoms with Gasteiger partial charge in [-0.15, -0.1) is 34.0 Å².